The standard InChI is InChI=1S/C25H31N3O3S.C25H31N3O2S.C5H14NO4P/c1-17(2)24-23(27-18(3)32-24)19-7-11-21(12-8-19)30-15-5-4-6-16-31-22-13-9-20(10-14-22)25(26)28-29;1-17(2)24-23(28-18(3)31-24)19-7-11-21(12-8-19)29-15-5-4-6-16-30-22-13-9-20(10-14-22)25(26)27;1-5(7,3-2-4-6)11(8,9)10/h7-14,17,29H,4-6,15-16H2,1-3H3,(H2,26,28);7-14,17H,4-6,15-16H2,1-3H3,(H3,26,27);7H,2-4,6H2,1H3,(H2,8,9,10). The minimum Gasteiger partial charge on any atom is -0.494 e. The van der Waals surface area contributed by atoms with Crippen LogP contribution < -0.4 is 36.1 Å². The van der Waals surface area contributed by atoms with Gasteiger partial charge in [0.25, 0.3) is 0 Å². The highest BCUT2D eigenvalue weighted by Crippen LogP contribution is 2.50. The van der Waals surface area contributed by atoms with Gasteiger partial charge in [-0.05, 0) is 188 Å². The fourth-order valence-corrected chi connectivity index (χ4v) is 9.47. The monoisotopic (exact) mass is 1070 g/mol. The maximum Gasteiger partial charge on any atom is 0.356 e. The molecule has 0 aliphatic carbocycles. The molecular weight excluding hydrogens is 998 g/mol. The first-order chi connectivity index (χ1) is 35.2. The lowest BCUT2D eigenvalue weighted by Gasteiger charge is -2.23. The van der Waals surface area contributed by atoms with Crippen molar-refractivity contribution in [2.75, 3.05) is 33.0 Å². The van der Waals surface area contributed by atoms with Crippen LogP contribution in [0.2, 0.25) is 0 Å². The van der Waals surface area contributed by atoms with Crippen molar-refractivity contribution in [3.05, 3.63) is 128 Å². The van der Waals surface area contributed by atoms with Gasteiger partial charge in [0.1, 0.15) is 28.8 Å². The number of nitrogens with two attached hydrogens (primary N) is 3. The summed E-state index contributed by atoms with van der Waals surface area (Å²) in [5.74, 6) is 4.45. The molecule has 16 nitrogen and oxygen atoms in total. The number of hydrogen-bond donors (Lipinski definition) is 8. The molecule has 0 saturated heterocycles. The van der Waals surface area contributed by atoms with Gasteiger partial charge in [0.15, 0.2) is 11.2 Å². The molecule has 0 radical (unpaired) electrons. The van der Waals surface area contributed by atoms with Gasteiger partial charge in [0, 0.05) is 32.0 Å². The highest BCUT2D eigenvalue weighted by atomic mass is 32.1. The number of aromatic nitrogens is 2. The van der Waals surface area contributed by atoms with E-state index in [0.29, 0.717) is 62.4 Å². The molecule has 2 aromatic heterocycles. The van der Waals surface area contributed by atoms with Gasteiger partial charge in [0.05, 0.1) is 47.8 Å². The molecule has 11 N–H and O–H groups in total. The number of rotatable bonds is 26. The molecule has 6 aromatic rings. The van der Waals surface area contributed by atoms with Gasteiger partial charge >= 0.3 is 7.60 Å². The van der Waals surface area contributed by atoms with Crippen molar-refractivity contribution in [2.45, 2.75) is 117 Å². The number of hydrogen-bond acceptors (Lipinski definition) is 14. The summed E-state index contributed by atoms with van der Waals surface area (Å²) in [4.78, 5) is 29.3. The number of benzene rings is 4. The van der Waals surface area contributed by atoms with Crippen LogP contribution in [0.3, 0.4) is 0 Å². The lowest BCUT2D eigenvalue weighted by molar-refractivity contribution is 0.0986. The number of unbranched alkanes of at least 4 members (excludes halogenated alkanes) is 4. The van der Waals surface area contributed by atoms with E-state index in [1.807, 2.05) is 48.5 Å². The number of oxime groups is 1. The van der Waals surface area contributed by atoms with Crippen LogP contribution in [-0.4, -0.2) is 80.1 Å². The minimum absolute atomic E-state index is 0.0216. The zero-order chi connectivity index (χ0) is 54.3. The molecule has 0 aliphatic rings. The Hall–Kier alpha value is -5.85. The Morgan fingerprint density at radius 3 is 1.26 bits per heavy atom. The summed E-state index contributed by atoms with van der Waals surface area (Å²) in [7, 11) is -4.40. The average molecular weight is 1070 g/mol. The van der Waals surface area contributed by atoms with E-state index >= 15 is 0 Å². The second-order valence-corrected chi connectivity index (χ2v) is 22.9. The number of nitrogens with zero attached hydrogens (tertiary/aromatic N) is 3. The Bertz CT molecular complexity index is 2670. The number of amidine groups is 2. The predicted molar refractivity (Wildman–Crippen MR) is 300 cm³/mol. The number of aryl methyl sites for hydroxylation is 2. The molecule has 4 aromatic carbocycles. The van der Waals surface area contributed by atoms with Crippen molar-refractivity contribution in [3.63, 3.8) is 0 Å². The molecule has 0 bridgehead atoms. The zero-order valence-electron chi connectivity index (χ0n) is 43.8. The van der Waals surface area contributed by atoms with Gasteiger partial charge in [-0.25, -0.2) is 9.97 Å². The topological polar surface area (TPSA) is 275 Å². The predicted octanol–water partition coefficient (Wildman–Crippen LogP) is 11.7. The lowest BCUT2D eigenvalue weighted by Crippen LogP contribution is -2.24. The van der Waals surface area contributed by atoms with Gasteiger partial charge in [0.2, 0.25) is 0 Å². The maximum atomic E-state index is 10.6. The quantitative estimate of drug-likeness (QED) is 0.00627. The molecule has 0 fully saturated rings. The SMILES string of the molecule is CC(O)(CCCN)P(=O)(O)O.Cc1nc(-c2ccc(OCCCCCOc3ccc(/C(N)=N/O)cc3)cc2)c(C(C)C)s1.Cc1nc(-c2ccc(OCCCCCOc3ccc(C(=N)N)cc3)cc2)c(C(C)C)s1. The van der Waals surface area contributed by atoms with Gasteiger partial charge in [-0.3, -0.25) is 9.97 Å². The average Bonchev–Trinajstić information content (AvgIpc) is 3.98. The van der Waals surface area contributed by atoms with E-state index < -0.39 is 12.9 Å². The Balaban J connectivity index is 0.000000267. The molecule has 1 atom stereocenters. The van der Waals surface area contributed by atoms with Crippen LogP contribution >= 0.6 is 30.3 Å². The molecule has 1 unspecified atom stereocenters. The molecule has 0 amide bonds. The highest BCUT2D eigenvalue weighted by Gasteiger charge is 2.39. The Kier molecular flexibility index (Phi) is 25.0. The summed E-state index contributed by atoms with van der Waals surface area (Å²) in [6.07, 6.45) is 6.36. The van der Waals surface area contributed by atoms with Crippen LogP contribution in [0.1, 0.15) is 129 Å². The first-order valence-electron chi connectivity index (χ1n) is 24.9. The first kappa shape index (κ1) is 60.7. The van der Waals surface area contributed by atoms with Crippen molar-refractivity contribution in [3.8, 4) is 45.5 Å². The minimum atomic E-state index is -4.40. The fourth-order valence-electron chi connectivity index (χ4n) is 7.11. The van der Waals surface area contributed by atoms with Crippen molar-refractivity contribution < 1.29 is 43.6 Å². The smallest absolute Gasteiger partial charge is 0.356 e. The molecule has 0 saturated carbocycles. The van der Waals surface area contributed by atoms with E-state index in [1.54, 1.807) is 46.9 Å². The summed E-state index contributed by atoms with van der Waals surface area (Å²) in [6.45, 7) is 17.1. The van der Waals surface area contributed by atoms with Crippen LogP contribution in [-0.2, 0) is 4.57 Å². The lowest BCUT2D eigenvalue weighted by atomic mass is 10.1. The number of thiazole rings is 2. The van der Waals surface area contributed by atoms with E-state index in [2.05, 4.69) is 71.0 Å². The van der Waals surface area contributed by atoms with E-state index in [0.717, 1.165) is 101 Å². The van der Waals surface area contributed by atoms with Gasteiger partial charge in [-0.2, -0.15) is 0 Å². The summed E-state index contributed by atoms with van der Waals surface area (Å²) in [5.41, 5.74) is 22.0. The van der Waals surface area contributed by atoms with E-state index in [-0.39, 0.29) is 18.1 Å². The summed E-state index contributed by atoms with van der Waals surface area (Å²) in [5, 5.41) is 28.5. The Morgan fingerprint density at radius 2 is 0.959 bits per heavy atom. The third-order valence-corrected chi connectivity index (χ3v) is 15.4. The molecule has 19 heteroatoms. The highest BCUT2D eigenvalue weighted by molar-refractivity contribution is 7.53. The number of nitrogens with one attached hydrogen (secondary N) is 1. The largest absolute Gasteiger partial charge is 0.494 e. The van der Waals surface area contributed by atoms with Crippen LogP contribution in [0.4, 0.5) is 0 Å². The summed E-state index contributed by atoms with van der Waals surface area (Å²) < 4.78 is 33.8. The Morgan fingerprint density at radius 1 is 0.622 bits per heavy atom. The van der Waals surface area contributed by atoms with Gasteiger partial charge < -0.3 is 56.2 Å². The number of nitrogen functional groups attached to an aromatic ring is 1. The molecule has 2 heterocycles. The van der Waals surface area contributed by atoms with E-state index in [1.165, 1.54) is 9.75 Å². The van der Waals surface area contributed by atoms with Crippen LogP contribution in [0, 0.1) is 19.3 Å². The third-order valence-electron chi connectivity index (χ3n) is 11.4. The first-order valence-corrected chi connectivity index (χ1v) is 28.1. The normalized spacial score (nSPS) is 12.3. The molecule has 402 valence electrons. The summed E-state index contributed by atoms with van der Waals surface area (Å²) in [6, 6.07) is 31.0. The van der Waals surface area contributed by atoms with E-state index in [4.69, 9.17) is 71.6 Å². The third kappa shape index (κ3) is 20.1. The molecule has 6 rings (SSSR count). The maximum absolute atomic E-state index is 10.6. The molecule has 0 aliphatic heterocycles. The number of ether oxygens (including phenoxy) is 4. The van der Waals surface area contributed by atoms with E-state index in [9.17, 15) is 4.57 Å². The Labute approximate surface area is 444 Å². The second-order valence-electron chi connectivity index (χ2n) is 18.4. The van der Waals surface area contributed by atoms with Crippen molar-refractivity contribution in [1.29, 1.82) is 5.41 Å². The molecule has 74 heavy (non-hydrogen) atoms. The second kappa shape index (κ2) is 30.5. The van der Waals surface area contributed by atoms with Crippen LogP contribution in [0.15, 0.2) is 102 Å². The fraction of sp³-hybridized carbons (Fsp3) is 0.418. The molecule has 0 spiro atoms. The van der Waals surface area contributed by atoms with Gasteiger partial charge in [-0.1, -0.05) is 32.9 Å². The van der Waals surface area contributed by atoms with Crippen molar-refractivity contribution >= 4 is 41.9 Å². The van der Waals surface area contributed by atoms with Gasteiger partial charge in [-0.15, -0.1) is 22.7 Å². The van der Waals surface area contributed by atoms with Crippen molar-refractivity contribution in [1.82, 2.24) is 9.97 Å². The number of aliphatic hydroxyl groups is 1. The summed E-state index contributed by atoms with van der Waals surface area (Å²) >= 11 is 3.55. The molecular formula is C55H76N7O9PS2. The van der Waals surface area contributed by atoms with Crippen LogP contribution in [0.5, 0.6) is 23.0 Å². The van der Waals surface area contributed by atoms with Crippen molar-refractivity contribution in [2.24, 2.45) is 22.4 Å². The van der Waals surface area contributed by atoms with Crippen LogP contribution in [0.25, 0.3) is 22.5 Å². The zero-order valence-corrected chi connectivity index (χ0v) is 46.3.